The van der Waals surface area contributed by atoms with E-state index in [0.717, 1.165) is 0 Å². The van der Waals surface area contributed by atoms with Gasteiger partial charge in [0, 0.05) is 16.9 Å². The van der Waals surface area contributed by atoms with E-state index in [9.17, 15) is 4.79 Å². The summed E-state index contributed by atoms with van der Waals surface area (Å²) < 4.78 is 0. The second kappa shape index (κ2) is 6.17. The SMILES string of the molecule is O=C(Nc1cccc(Cl)c1)Nc1cc(CO)ccn1. The van der Waals surface area contributed by atoms with Gasteiger partial charge in [-0.25, -0.2) is 9.78 Å². The number of benzene rings is 1. The first-order valence-corrected chi connectivity index (χ1v) is 5.94. The fraction of sp³-hybridized carbons (Fsp3) is 0.0769. The molecule has 2 amide bonds. The maximum atomic E-state index is 11.7. The van der Waals surface area contributed by atoms with Crippen LogP contribution in [0.1, 0.15) is 5.56 Å². The summed E-state index contributed by atoms with van der Waals surface area (Å²) in [7, 11) is 0. The van der Waals surface area contributed by atoms with Crippen LogP contribution in [0.2, 0.25) is 5.02 Å². The molecule has 0 aliphatic rings. The van der Waals surface area contributed by atoms with E-state index in [0.29, 0.717) is 22.1 Å². The number of aromatic nitrogens is 1. The van der Waals surface area contributed by atoms with Crippen LogP contribution in [-0.2, 0) is 6.61 Å². The second-order valence-corrected chi connectivity index (χ2v) is 4.23. The van der Waals surface area contributed by atoms with Gasteiger partial charge in [-0.3, -0.25) is 5.32 Å². The Labute approximate surface area is 115 Å². The number of aliphatic hydroxyl groups excluding tert-OH is 1. The lowest BCUT2D eigenvalue weighted by Crippen LogP contribution is -2.20. The summed E-state index contributed by atoms with van der Waals surface area (Å²) >= 11 is 5.82. The first-order chi connectivity index (χ1) is 9.17. The van der Waals surface area contributed by atoms with Gasteiger partial charge in [-0.05, 0) is 35.9 Å². The molecule has 1 heterocycles. The number of rotatable bonds is 3. The van der Waals surface area contributed by atoms with Crippen molar-refractivity contribution >= 4 is 29.1 Å². The number of urea groups is 1. The van der Waals surface area contributed by atoms with Crippen molar-refractivity contribution in [2.24, 2.45) is 0 Å². The van der Waals surface area contributed by atoms with Crippen molar-refractivity contribution in [1.82, 2.24) is 4.98 Å². The number of hydrogen-bond acceptors (Lipinski definition) is 3. The van der Waals surface area contributed by atoms with E-state index in [2.05, 4.69) is 15.6 Å². The van der Waals surface area contributed by atoms with Crippen molar-refractivity contribution in [3.8, 4) is 0 Å². The number of nitrogens with zero attached hydrogens (tertiary/aromatic N) is 1. The molecule has 0 bridgehead atoms. The molecule has 2 rings (SSSR count). The highest BCUT2D eigenvalue weighted by atomic mass is 35.5. The van der Waals surface area contributed by atoms with E-state index in [1.165, 1.54) is 6.20 Å². The molecule has 1 aromatic carbocycles. The number of carbonyl (C=O) groups is 1. The number of halogens is 1. The van der Waals surface area contributed by atoms with E-state index in [-0.39, 0.29) is 6.61 Å². The molecule has 0 spiro atoms. The van der Waals surface area contributed by atoms with Gasteiger partial charge in [0.05, 0.1) is 6.61 Å². The van der Waals surface area contributed by atoms with Gasteiger partial charge in [0.2, 0.25) is 0 Å². The number of amides is 2. The Morgan fingerprint density at radius 3 is 2.84 bits per heavy atom. The first kappa shape index (κ1) is 13.3. The summed E-state index contributed by atoms with van der Waals surface area (Å²) in [5.74, 6) is 0.367. The average molecular weight is 278 g/mol. The maximum absolute atomic E-state index is 11.7. The van der Waals surface area contributed by atoms with Crippen molar-refractivity contribution in [3.63, 3.8) is 0 Å². The molecule has 19 heavy (non-hydrogen) atoms. The van der Waals surface area contributed by atoms with Gasteiger partial charge in [0.25, 0.3) is 0 Å². The molecule has 1 aromatic heterocycles. The Balaban J connectivity index is 2.01. The summed E-state index contributed by atoms with van der Waals surface area (Å²) in [5.41, 5.74) is 1.26. The minimum absolute atomic E-state index is 0.104. The van der Waals surface area contributed by atoms with Crippen molar-refractivity contribution in [3.05, 3.63) is 53.2 Å². The molecule has 0 fully saturated rings. The van der Waals surface area contributed by atoms with Crippen molar-refractivity contribution in [2.75, 3.05) is 10.6 Å². The zero-order chi connectivity index (χ0) is 13.7. The van der Waals surface area contributed by atoms with Crippen LogP contribution in [0.3, 0.4) is 0 Å². The number of carbonyl (C=O) groups excluding carboxylic acids is 1. The molecule has 6 heteroatoms. The highest BCUT2D eigenvalue weighted by Crippen LogP contribution is 2.15. The van der Waals surface area contributed by atoms with E-state index >= 15 is 0 Å². The lowest BCUT2D eigenvalue weighted by atomic mass is 10.3. The third-order valence-electron chi connectivity index (χ3n) is 2.33. The largest absolute Gasteiger partial charge is 0.392 e. The summed E-state index contributed by atoms with van der Waals surface area (Å²) in [6, 6.07) is 9.66. The Kier molecular flexibility index (Phi) is 4.33. The quantitative estimate of drug-likeness (QED) is 0.807. The Morgan fingerprint density at radius 2 is 2.11 bits per heavy atom. The van der Waals surface area contributed by atoms with Gasteiger partial charge in [-0.2, -0.15) is 0 Å². The fourth-order valence-corrected chi connectivity index (χ4v) is 1.68. The Bertz CT molecular complexity index is 590. The van der Waals surface area contributed by atoms with Gasteiger partial charge < -0.3 is 10.4 Å². The molecule has 3 N–H and O–H groups in total. The molecule has 0 unspecified atom stereocenters. The highest BCUT2D eigenvalue weighted by Gasteiger charge is 2.04. The number of aliphatic hydroxyl groups is 1. The topological polar surface area (TPSA) is 74.2 Å². The minimum atomic E-state index is -0.426. The molecule has 0 aliphatic heterocycles. The normalized spacial score (nSPS) is 10.0. The summed E-state index contributed by atoms with van der Waals surface area (Å²) in [5, 5.41) is 14.7. The minimum Gasteiger partial charge on any atom is -0.392 e. The third kappa shape index (κ3) is 3.94. The van der Waals surface area contributed by atoms with E-state index in [4.69, 9.17) is 16.7 Å². The predicted octanol–water partition coefficient (Wildman–Crippen LogP) is 2.87. The van der Waals surface area contributed by atoms with Crippen LogP contribution in [-0.4, -0.2) is 16.1 Å². The summed E-state index contributed by atoms with van der Waals surface area (Å²) in [4.78, 5) is 15.7. The van der Waals surface area contributed by atoms with Gasteiger partial charge in [0.15, 0.2) is 0 Å². The lowest BCUT2D eigenvalue weighted by molar-refractivity contribution is 0.262. The van der Waals surface area contributed by atoms with Crippen LogP contribution in [0.15, 0.2) is 42.6 Å². The third-order valence-corrected chi connectivity index (χ3v) is 2.57. The van der Waals surface area contributed by atoms with Crippen molar-refractivity contribution in [1.29, 1.82) is 0 Å². The zero-order valence-corrected chi connectivity index (χ0v) is 10.7. The highest BCUT2D eigenvalue weighted by molar-refractivity contribution is 6.30. The maximum Gasteiger partial charge on any atom is 0.324 e. The average Bonchev–Trinajstić information content (AvgIpc) is 2.38. The zero-order valence-electron chi connectivity index (χ0n) is 9.93. The molecule has 0 saturated heterocycles. The molecular weight excluding hydrogens is 266 g/mol. The summed E-state index contributed by atoms with van der Waals surface area (Å²) in [6.07, 6.45) is 1.51. The van der Waals surface area contributed by atoms with Crippen LogP contribution in [0.25, 0.3) is 0 Å². The van der Waals surface area contributed by atoms with Gasteiger partial charge in [0.1, 0.15) is 5.82 Å². The van der Waals surface area contributed by atoms with E-state index in [1.54, 1.807) is 36.4 Å². The van der Waals surface area contributed by atoms with Gasteiger partial charge >= 0.3 is 6.03 Å². The van der Waals surface area contributed by atoms with Crippen LogP contribution in [0.5, 0.6) is 0 Å². The monoisotopic (exact) mass is 277 g/mol. The molecule has 0 radical (unpaired) electrons. The standard InChI is InChI=1S/C13H12ClN3O2/c14-10-2-1-3-11(7-10)16-13(19)17-12-6-9(8-18)4-5-15-12/h1-7,18H,8H2,(H2,15,16,17,19). The molecule has 0 aliphatic carbocycles. The molecular formula is C13H12ClN3O2. The molecule has 0 saturated carbocycles. The number of hydrogen-bond donors (Lipinski definition) is 3. The van der Waals surface area contributed by atoms with Crippen LogP contribution >= 0.6 is 11.6 Å². The number of anilines is 2. The first-order valence-electron chi connectivity index (χ1n) is 5.57. The molecule has 98 valence electrons. The Morgan fingerprint density at radius 1 is 1.26 bits per heavy atom. The van der Waals surface area contributed by atoms with Crippen molar-refractivity contribution < 1.29 is 9.90 Å². The Hall–Kier alpha value is -2.11. The smallest absolute Gasteiger partial charge is 0.324 e. The van der Waals surface area contributed by atoms with Crippen LogP contribution < -0.4 is 10.6 Å². The second-order valence-electron chi connectivity index (χ2n) is 3.80. The van der Waals surface area contributed by atoms with E-state index in [1.807, 2.05) is 0 Å². The molecule has 0 atom stereocenters. The van der Waals surface area contributed by atoms with Crippen molar-refractivity contribution in [2.45, 2.75) is 6.61 Å². The fourth-order valence-electron chi connectivity index (χ4n) is 1.49. The van der Waals surface area contributed by atoms with Crippen LogP contribution in [0, 0.1) is 0 Å². The predicted molar refractivity (Wildman–Crippen MR) is 74.3 cm³/mol. The van der Waals surface area contributed by atoms with Gasteiger partial charge in [-0.15, -0.1) is 0 Å². The van der Waals surface area contributed by atoms with E-state index < -0.39 is 6.03 Å². The van der Waals surface area contributed by atoms with Crippen LogP contribution in [0.4, 0.5) is 16.3 Å². The van der Waals surface area contributed by atoms with Gasteiger partial charge in [-0.1, -0.05) is 17.7 Å². The molecule has 2 aromatic rings. The lowest BCUT2D eigenvalue weighted by Gasteiger charge is -2.07. The number of pyridine rings is 1. The summed E-state index contributed by atoms with van der Waals surface area (Å²) in [6.45, 7) is -0.104. The number of nitrogens with one attached hydrogen (secondary N) is 2. The molecule has 5 nitrogen and oxygen atoms in total.